The van der Waals surface area contributed by atoms with Gasteiger partial charge in [-0.1, -0.05) is 0 Å². The summed E-state index contributed by atoms with van der Waals surface area (Å²) in [4.78, 5) is 19.6. The Morgan fingerprint density at radius 1 is 1.41 bits per heavy atom. The van der Waals surface area contributed by atoms with Gasteiger partial charge in [-0.15, -0.1) is 0 Å². The fourth-order valence-corrected chi connectivity index (χ4v) is 1.33. The highest BCUT2D eigenvalue weighted by molar-refractivity contribution is 5.94. The van der Waals surface area contributed by atoms with Crippen LogP contribution in [0, 0.1) is 0 Å². The first-order chi connectivity index (χ1) is 8.16. The summed E-state index contributed by atoms with van der Waals surface area (Å²) in [6, 6.07) is 3.54. The second kappa shape index (κ2) is 4.73. The summed E-state index contributed by atoms with van der Waals surface area (Å²) < 4.78 is 1.53. The van der Waals surface area contributed by atoms with Crippen molar-refractivity contribution in [3.8, 4) is 5.82 Å². The van der Waals surface area contributed by atoms with E-state index < -0.39 is 0 Å². The average molecular weight is 231 g/mol. The van der Waals surface area contributed by atoms with E-state index in [-0.39, 0.29) is 11.9 Å². The van der Waals surface area contributed by atoms with E-state index in [1.807, 2.05) is 13.8 Å². The summed E-state index contributed by atoms with van der Waals surface area (Å²) in [5.74, 6) is 0.501. The van der Waals surface area contributed by atoms with Crippen LogP contribution in [0.4, 0.5) is 0 Å². The minimum atomic E-state index is -0.127. The van der Waals surface area contributed by atoms with Gasteiger partial charge < -0.3 is 5.32 Å². The summed E-state index contributed by atoms with van der Waals surface area (Å²) in [6.45, 7) is 3.82. The summed E-state index contributed by atoms with van der Waals surface area (Å²) in [7, 11) is 0. The molecule has 0 bridgehead atoms. The van der Waals surface area contributed by atoms with Crippen LogP contribution in [0.5, 0.6) is 0 Å². The predicted molar refractivity (Wildman–Crippen MR) is 61.8 cm³/mol. The van der Waals surface area contributed by atoms with Crippen molar-refractivity contribution in [1.82, 2.24) is 25.1 Å². The molecule has 0 saturated heterocycles. The molecule has 0 aliphatic heterocycles. The van der Waals surface area contributed by atoms with Crippen molar-refractivity contribution in [1.29, 1.82) is 0 Å². The van der Waals surface area contributed by atoms with Gasteiger partial charge in [-0.3, -0.25) is 4.79 Å². The number of amides is 1. The van der Waals surface area contributed by atoms with Gasteiger partial charge in [0.2, 0.25) is 0 Å². The van der Waals surface area contributed by atoms with Gasteiger partial charge in [0.1, 0.15) is 12.7 Å². The first-order valence-electron chi connectivity index (χ1n) is 5.29. The average Bonchev–Trinajstić information content (AvgIpc) is 2.82. The molecule has 0 atom stereocenters. The molecular formula is C11H13N5O. The second-order valence-corrected chi connectivity index (χ2v) is 3.87. The van der Waals surface area contributed by atoms with E-state index in [1.54, 1.807) is 18.5 Å². The Bertz CT molecular complexity index is 489. The van der Waals surface area contributed by atoms with Crippen molar-refractivity contribution in [2.45, 2.75) is 19.9 Å². The number of nitrogens with zero attached hydrogens (tertiary/aromatic N) is 4. The van der Waals surface area contributed by atoms with Gasteiger partial charge in [0.25, 0.3) is 5.91 Å². The maximum atomic E-state index is 11.7. The zero-order valence-corrected chi connectivity index (χ0v) is 9.66. The third-order valence-electron chi connectivity index (χ3n) is 2.08. The van der Waals surface area contributed by atoms with Gasteiger partial charge in [0.05, 0.1) is 5.56 Å². The molecule has 1 N–H and O–H groups in total. The van der Waals surface area contributed by atoms with Crippen LogP contribution in [0.2, 0.25) is 0 Å². The standard InChI is InChI=1S/C11H13N5O/c1-8(2)15-11(17)9-3-4-10(13-5-9)16-7-12-6-14-16/h3-8H,1-2H3,(H,15,17). The Morgan fingerprint density at radius 2 is 2.24 bits per heavy atom. The molecule has 0 aliphatic carbocycles. The zero-order valence-electron chi connectivity index (χ0n) is 9.66. The van der Waals surface area contributed by atoms with Gasteiger partial charge in [-0.2, -0.15) is 5.10 Å². The Balaban J connectivity index is 2.16. The molecule has 0 aliphatic rings. The number of aromatic nitrogens is 4. The molecule has 0 radical (unpaired) electrons. The molecule has 0 aromatic carbocycles. The number of hydrogen-bond acceptors (Lipinski definition) is 4. The number of nitrogens with one attached hydrogen (secondary N) is 1. The summed E-state index contributed by atoms with van der Waals surface area (Å²) in [5, 5.41) is 6.75. The molecule has 0 unspecified atom stereocenters. The van der Waals surface area contributed by atoms with Crippen LogP contribution in [-0.2, 0) is 0 Å². The predicted octanol–water partition coefficient (Wildman–Crippen LogP) is 0.800. The zero-order chi connectivity index (χ0) is 12.3. The van der Waals surface area contributed by atoms with E-state index in [0.717, 1.165) is 0 Å². The molecule has 2 rings (SSSR count). The third-order valence-corrected chi connectivity index (χ3v) is 2.08. The minimum absolute atomic E-state index is 0.109. The van der Waals surface area contributed by atoms with Crippen molar-refractivity contribution < 1.29 is 4.79 Å². The molecule has 17 heavy (non-hydrogen) atoms. The lowest BCUT2D eigenvalue weighted by molar-refractivity contribution is 0.0943. The van der Waals surface area contributed by atoms with Gasteiger partial charge in [0, 0.05) is 12.2 Å². The van der Waals surface area contributed by atoms with Crippen molar-refractivity contribution in [3.63, 3.8) is 0 Å². The summed E-state index contributed by atoms with van der Waals surface area (Å²) in [6.07, 6.45) is 4.51. The molecule has 2 heterocycles. The highest BCUT2D eigenvalue weighted by atomic mass is 16.1. The van der Waals surface area contributed by atoms with Crippen LogP contribution in [-0.4, -0.2) is 31.7 Å². The molecule has 0 spiro atoms. The van der Waals surface area contributed by atoms with Crippen LogP contribution < -0.4 is 5.32 Å². The summed E-state index contributed by atoms with van der Waals surface area (Å²) in [5.41, 5.74) is 0.530. The highest BCUT2D eigenvalue weighted by Crippen LogP contribution is 2.04. The maximum Gasteiger partial charge on any atom is 0.253 e. The molecule has 6 heteroatoms. The van der Waals surface area contributed by atoms with Crippen molar-refractivity contribution in [2.24, 2.45) is 0 Å². The van der Waals surface area contributed by atoms with Crippen LogP contribution in [0.25, 0.3) is 5.82 Å². The van der Waals surface area contributed by atoms with Crippen molar-refractivity contribution >= 4 is 5.91 Å². The van der Waals surface area contributed by atoms with E-state index in [1.165, 1.54) is 17.2 Å². The highest BCUT2D eigenvalue weighted by Gasteiger charge is 2.07. The molecule has 2 aromatic rings. The molecule has 1 amide bonds. The largest absolute Gasteiger partial charge is 0.350 e. The Morgan fingerprint density at radius 3 is 2.76 bits per heavy atom. The molecule has 0 saturated carbocycles. The first-order valence-corrected chi connectivity index (χ1v) is 5.29. The quantitative estimate of drug-likeness (QED) is 0.848. The molecule has 0 fully saturated rings. The third kappa shape index (κ3) is 2.66. The second-order valence-electron chi connectivity index (χ2n) is 3.87. The molecular weight excluding hydrogens is 218 g/mol. The van der Waals surface area contributed by atoms with Crippen molar-refractivity contribution in [3.05, 3.63) is 36.5 Å². The first kappa shape index (κ1) is 11.3. The lowest BCUT2D eigenvalue weighted by Crippen LogP contribution is -2.30. The molecule has 2 aromatic heterocycles. The van der Waals surface area contributed by atoms with Crippen LogP contribution in [0.3, 0.4) is 0 Å². The number of rotatable bonds is 3. The van der Waals surface area contributed by atoms with Crippen LogP contribution >= 0.6 is 0 Å². The van der Waals surface area contributed by atoms with Crippen LogP contribution in [0.1, 0.15) is 24.2 Å². The van der Waals surface area contributed by atoms with E-state index in [9.17, 15) is 4.79 Å². The number of carbonyl (C=O) groups is 1. The molecule has 6 nitrogen and oxygen atoms in total. The van der Waals surface area contributed by atoms with E-state index >= 15 is 0 Å². The van der Waals surface area contributed by atoms with Gasteiger partial charge in [-0.05, 0) is 26.0 Å². The number of carbonyl (C=O) groups excluding carboxylic acids is 1. The summed E-state index contributed by atoms with van der Waals surface area (Å²) >= 11 is 0. The van der Waals surface area contributed by atoms with Gasteiger partial charge >= 0.3 is 0 Å². The number of pyridine rings is 1. The fourth-order valence-electron chi connectivity index (χ4n) is 1.33. The number of hydrogen-bond donors (Lipinski definition) is 1. The lowest BCUT2D eigenvalue weighted by atomic mass is 10.2. The monoisotopic (exact) mass is 231 g/mol. The normalized spacial score (nSPS) is 10.5. The van der Waals surface area contributed by atoms with Crippen molar-refractivity contribution in [2.75, 3.05) is 0 Å². The van der Waals surface area contributed by atoms with E-state index in [4.69, 9.17) is 0 Å². The maximum absolute atomic E-state index is 11.7. The fraction of sp³-hybridized carbons (Fsp3) is 0.273. The van der Waals surface area contributed by atoms with Crippen LogP contribution in [0.15, 0.2) is 31.0 Å². The molecule has 88 valence electrons. The Kier molecular flexibility index (Phi) is 3.13. The lowest BCUT2D eigenvalue weighted by Gasteiger charge is -2.08. The van der Waals surface area contributed by atoms with Gasteiger partial charge in [0.15, 0.2) is 5.82 Å². The smallest absolute Gasteiger partial charge is 0.253 e. The Hall–Kier alpha value is -2.24. The topological polar surface area (TPSA) is 72.7 Å². The minimum Gasteiger partial charge on any atom is -0.350 e. The van der Waals surface area contributed by atoms with E-state index in [0.29, 0.717) is 11.4 Å². The SMILES string of the molecule is CC(C)NC(=O)c1ccc(-n2cncn2)nc1. The van der Waals surface area contributed by atoms with Gasteiger partial charge in [-0.25, -0.2) is 14.6 Å². The van der Waals surface area contributed by atoms with E-state index in [2.05, 4.69) is 20.4 Å². The Labute approximate surface area is 98.7 Å².